The molecule has 0 radical (unpaired) electrons. The van der Waals surface area contributed by atoms with Gasteiger partial charge in [0.05, 0.1) is 37.0 Å². The van der Waals surface area contributed by atoms with Crippen LogP contribution in [0.25, 0.3) is 22.0 Å². The average molecular weight is 933 g/mol. The van der Waals surface area contributed by atoms with Crippen molar-refractivity contribution in [3.8, 4) is 16.9 Å². The molecule has 1 aromatic heterocycles. The van der Waals surface area contributed by atoms with E-state index in [2.05, 4.69) is 5.32 Å². The van der Waals surface area contributed by atoms with E-state index in [9.17, 15) is 43.1 Å². The number of piperazine rings is 1. The molecule has 358 valence electrons. The summed E-state index contributed by atoms with van der Waals surface area (Å²) in [6.07, 6.45) is 1.05. The third-order valence-corrected chi connectivity index (χ3v) is 11.3. The third-order valence-electron chi connectivity index (χ3n) is 11.3. The molecule has 4 aromatic rings. The molecule has 0 bridgehead atoms. The van der Waals surface area contributed by atoms with Crippen molar-refractivity contribution in [2.45, 2.75) is 96.4 Å². The van der Waals surface area contributed by atoms with Gasteiger partial charge in [0.1, 0.15) is 28.7 Å². The van der Waals surface area contributed by atoms with Gasteiger partial charge < -0.3 is 48.5 Å². The number of nitrogens with zero attached hydrogens (tertiary/aromatic N) is 3. The minimum Gasteiger partial charge on any atom is -0.492 e. The van der Waals surface area contributed by atoms with Gasteiger partial charge >= 0.3 is 30.0 Å². The SMILES string of the molecule is COc1c(N2CCN(C(=O)OCOC(=O)C(CC(=O)OC(C)(C)C)NC(=O)CCCOC(=O)C(C)c3ccc(-c4ccccc4)c(F)c3)C(C)C2)c(F)cc2c(=O)c(C(=O)O)cn(C3CC3)c12. The van der Waals surface area contributed by atoms with E-state index in [1.54, 1.807) is 80.5 Å². The predicted molar refractivity (Wildman–Crippen MR) is 239 cm³/mol. The first-order valence-electron chi connectivity index (χ1n) is 21.8. The number of benzene rings is 3. The van der Waals surface area contributed by atoms with Crippen molar-refractivity contribution >= 4 is 52.5 Å². The Bertz CT molecular complexity index is 2590. The quantitative estimate of drug-likeness (QED) is 0.0503. The highest BCUT2D eigenvalue weighted by atomic mass is 19.1. The van der Waals surface area contributed by atoms with Crippen LogP contribution in [0.4, 0.5) is 19.3 Å². The number of nitrogens with one attached hydrogen (secondary N) is 1. The van der Waals surface area contributed by atoms with E-state index in [4.69, 9.17) is 23.7 Å². The molecule has 17 nitrogen and oxygen atoms in total. The van der Waals surface area contributed by atoms with Crippen molar-refractivity contribution in [1.82, 2.24) is 14.8 Å². The number of anilines is 1. The topological polar surface area (TPSA) is 209 Å². The summed E-state index contributed by atoms with van der Waals surface area (Å²) in [4.78, 5) is 93.0. The number of pyridine rings is 1. The molecular weight excluding hydrogens is 879 g/mol. The number of hydrogen-bond donors (Lipinski definition) is 2. The Hall–Kier alpha value is -7.05. The Morgan fingerprint density at radius 3 is 2.27 bits per heavy atom. The maximum absolute atomic E-state index is 15.9. The Balaban J connectivity index is 1.01. The number of halogens is 2. The van der Waals surface area contributed by atoms with E-state index >= 15 is 4.39 Å². The summed E-state index contributed by atoms with van der Waals surface area (Å²) in [5.74, 6) is -6.74. The molecule has 2 fully saturated rings. The molecule has 2 heterocycles. The molecule has 1 aliphatic carbocycles. The summed E-state index contributed by atoms with van der Waals surface area (Å²) in [5.41, 5.74) is -0.456. The average Bonchev–Trinajstić information content (AvgIpc) is 4.12. The monoisotopic (exact) mass is 932 g/mol. The van der Waals surface area contributed by atoms with E-state index < -0.39 is 95.3 Å². The van der Waals surface area contributed by atoms with Gasteiger partial charge in [-0.2, -0.15) is 0 Å². The molecule has 2 amide bonds. The number of rotatable bonds is 17. The number of hydrogen-bond acceptors (Lipinski definition) is 13. The highest BCUT2D eigenvalue weighted by Gasteiger charge is 2.36. The van der Waals surface area contributed by atoms with E-state index in [0.29, 0.717) is 16.7 Å². The van der Waals surface area contributed by atoms with Crippen LogP contribution in [-0.2, 0) is 38.1 Å². The van der Waals surface area contributed by atoms with Gasteiger partial charge in [-0.1, -0.05) is 42.5 Å². The highest BCUT2D eigenvalue weighted by Crippen LogP contribution is 2.44. The molecule has 0 spiro atoms. The molecule has 2 aliphatic rings. The molecule has 1 aliphatic heterocycles. The lowest BCUT2D eigenvalue weighted by Gasteiger charge is -2.40. The highest BCUT2D eigenvalue weighted by molar-refractivity contribution is 5.97. The van der Waals surface area contributed by atoms with E-state index in [1.165, 1.54) is 24.3 Å². The third kappa shape index (κ3) is 12.1. The molecule has 67 heavy (non-hydrogen) atoms. The van der Waals surface area contributed by atoms with Gasteiger partial charge in [0.2, 0.25) is 18.1 Å². The van der Waals surface area contributed by atoms with Crippen LogP contribution >= 0.6 is 0 Å². The van der Waals surface area contributed by atoms with Crippen molar-refractivity contribution in [3.05, 3.63) is 93.8 Å². The van der Waals surface area contributed by atoms with Crippen molar-refractivity contribution in [3.63, 3.8) is 0 Å². The Labute approximate surface area is 384 Å². The van der Waals surface area contributed by atoms with Crippen molar-refractivity contribution < 1.29 is 66.3 Å². The Morgan fingerprint density at radius 2 is 1.64 bits per heavy atom. The second-order valence-electron chi connectivity index (χ2n) is 17.4. The number of amides is 2. The Morgan fingerprint density at radius 1 is 0.925 bits per heavy atom. The van der Waals surface area contributed by atoms with Crippen LogP contribution in [0, 0.1) is 11.6 Å². The molecule has 3 atom stereocenters. The van der Waals surface area contributed by atoms with Crippen molar-refractivity contribution in [2.24, 2.45) is 0 Å². The second-order valence-corrected chi connectivity index (χ2v) is 17.4. The fourth-order valence-electron chi connectivity index (χ4n) is 7.81. The molecule has 2 N–H and O–H groups in total. The lowest BCUT2D eigenvalue weighted by atomic mass is 9.97. The number of carboxylic acids is 1. The maximum atomic E-state index is 15.9. The zero-order chi connectivity index (χ0) is 48.7. The first-order valence-corrected chi connectivity index (χ1v) is 21.8. The largest absolute Gasteiger partial charge is 0.492 e. The van der Waals surface area contributed by atoms with Gasteiger partial charge in [-0.15, -0.1) is 0 Å². The number of aromatic carboxylic acids is 1. The first kappa shape index (κ1) is 49.4. The maximum Gasteiger partial charge on any atom is 0.413 e. The smallest absolute Gasteiger partial charge is 0.413 e. The zero-order valence-electron chi connectivity index (χ0n) is 38.1. The molecule has 3 unspecified atom stereocenters. The standard InChI is InChI=1S/C48H54F2N4O13/c1-27-24-52(41-36(50)22-33-40(43(41)63-6)54(31-15-16-31)25-34(42(33)57)44(58)59)18-19-53(27)47(62)66-26-65-46(61)37(23-39(56)67-48(3,4)5)51-38(55)13-10-20-64-45(60)28(2)30-14-17-32(35(49)21-30)29-11-8-7-9-12-29/h7-9,11-12,14,17,21-22,25,27-28,31,37H,10,13,15-16,18-20,23-24,26H2,1-6H3,(H,51,55)(H,58,59). The van der Waals surface area contributed by atoms with Gasteiger partial charge in [0, 0.05) is 49.9 Å². The zero-order valence-corrected chi connectivity index (χ0v) is 38.1. The van der Waals surface area contributed by atoms with Crippen molar-refractivity contribution in [1.29, 1.82) is 0 Å². The van der Waals surface area contributed by atoms with Crippen LogP contribution in [0.3, 0.4) is 0 Å². The summed E-state index contributed by atoms with van der Waals surface area (Å²) in [5, 5.41) is 12.0. The molecule has 19 heteroatoms. The summed E-state index contributed by atoms with van der Waals surface area (Å²) in [7, 11) is 1.33. The van der Waals surface area contributed by atoms with E-state index in [0.717, 1.165) is 18.9 Å². The second kappa shape index (κ2) is 21.1. The number of fused-ring (bicyclic) bond motifs is 1. The fraction of sp³-hybridized carbons (Fsp3) is 0.438. The number of carbonyl (C=O) groups is 6. The minimum atomic E-state index is -1.54. The van der Waals surface area contributed by atoms with Gasteiger partial charge in [-0.3, -0.25) is 19.2 Å². The lowest BCUT2D eigenvalue weighted by molar-refractivity contribution is -0.164. The number of carbonyl (C=O) groups excluding carboxylic acids is 5. The molecule has 1 saturated heterocycles. The van der Waals surface area contributed by atoms with Crippen LogP contribution < -0.4 is 20.4 Å². The van der Waals surface area contributed by atoms with Crippen molar-refractivity contribution in [2.75, 3.05) is 45.0 Å². The Kier molecular flexibility index (Phi) is 15.5. The number of methoxy groups -OCH3 is 1. The van der Waals surface area contributed by atoms with Crippen LogP contribution in [0.5, 0.6) is 5.75 Å². The molecule has 1 saturated carbocycles. The van der Waals surface area contributed by atoms with Crippen LogP contribution in [0.1, 0.15) is 94.6 Å². The van der Waals surface area contributed by atoms with Crippen LogP contribution in [-0.4, -0.2) is 108 Å². The molecule has 3 aromatic carbocycles. The number of aromatic nitrogens is 1. The first-order chi connectivity index (χ1) is 31.8. The fourth-order valence-corrected chi connectivity index (χ4v) is 7.81. The van der Waals surface area contributed by atoms with Gasteiger partial charge in [0.25, 0.3) is 0 Å². The van der Waals surface area contributed by atoms with Gasteiger partial charge in [-0.25, -0.2) is 23.2 Å². The van der Waals surface area contributed by atoms with Gasteiger partial charge in [0.15, 0.2) is 11.6 Å². The predicted octanol–water partition coefficient (Wildman–Crippen LogP) is 6.48. The number of esters is 3. The molecule has 6 rings (SSSR count). The summed E-state index contributed by atoms with van der Waals surface area (Å²) >= 11 is 0. The number of carboxylic acid groups (broad SMARTS) is 1. The minimum absolute atomic E-state index is 0.0217. The number of ether oxygens (including phenoxy) is 5. The summed E-state index contributed by atoms with van der Waals surface area (Å²) < 4.78 is 59.3. The molecular formula is C48H54F2N4O13. The summed E-state index contributed by atoms with van der Waals surface area (Å²) in [6, 6.07) is 12.3. The van der Waals surface area contributed by atoms with E-state index in [-0.39, 0.29) is 67.5 Å². The van der Waals surface area contributed by atoms with Crippen LogP contribution in [0.15, 0.2) is 65.6 Å². The normalized spacial score (nSPS) is 15.9. The summed E-state index contributed by atoms with van der Waals surface area (Å²) in [6.45, 7) is 7.25. The van der Waals surface area contributed by atoms with E-state index in [1.807, 2.05) is 6.07 Å². The van der Waals surface area contributed by atoms with Crippen LogP contribution in [0.2, 0.25) is 0 Å². The lowest BCUT2D eigenvalue weighted by Crippen LogP contribution is -2.54. The van der Waals surface area contributed by atoms with Gasteiger partial charge in [-0.05, 0) is 77.1 Å².